The Balaban J connectivity index is 1.57. The Kier molecular flexibility index (Phi) is 6.93. The van der Waals surface area contributed by atoms with Gasteiger partial charge in [-0.15, -0.1) is 8.78 Å². The van der Waals surface area contributed by atoms with E-state index in [9.17, 15) is 28.4 Å². The highest BCUT2D eigenvalue weighted by Gasteiger charge is 2.43. The molecule has 13 heteroatoms. The van der Waals surface area contributed by atoms with Gasteiger partial charge in [-0.25, -0.2) is 4.68 Å². The predicted octanol–water partition coefficient (Wildman–Crippen LogP) is 4.43. The van der Waals surface area contributed by atoms with Crippen LogP contribution in [0.4, 0.5) is 14.5 Å². The molecule has 216 valence electrons. The zero-order valence-corrected chi connectivity index (χ0v) is 23.0. The number of ether oxygens (including phenoxy) is 2. The standard InChI is InChI=1S/C29H25F2N5O6/c1-5-35(18-9-10-20-21(12-18)42-29(30,31)41-20)23(37)15-36-27(39)19-13-22(26(38)33-28(2,3)4)40-25(19)24(34-36)17-8-6-7-16(11-17)14-32/h6-13H,5,15H2,1-4H3,(H,33,38). The molecule has 0 bridgehead atoms. The van der Waals surface area contributed by atoms with E-state index in [1.54, 1.807) is 45.9 Å². The number of hydrogen-bond acceptors (Lipinski definition) is 8. The van der Waals surface area contributed by atoms with Gasteiger partial charge in [-0.05, 0) is 52.0 Å². The number of aromatic nitrogens is 2. The lowest BCUT2D eigenvalue weighted by atomic mass is 10.1. The molecule has 2 aromatic carbocycles. The number of rotatable bonds is 6. The third kappa shape index (κ3) is 5.51. The second-order valence-electron chi connectivity index (χ2n) is 10.5. The molecule has 4 aromatic rings. The Bertz CT molecular complexity index is 1830. The maximum Gasteiger partial charge on any atom is 0.586 e. The minimum atomic E-state index is -3.82. The quantitative estimate of drug-likeness (QED) is 0.355. The number of carbonyl (C=O) groups excluding carboxylic acids is 2. The largest absolute Gasteiger partial charge is 0.586 e. The maximum absolute atomic E-state index is 13.5. The van der Waals surface area contributed by atoms with Gasteiger partial charge in [0.25, 0.3) is 11.5 Å². The Hall–Kier alpha value is -5.25. The number of benzene rings is 2. The molecule has 0 radical (unpaired) electrons. The number of carbonyl (C=O) groups is 2. The lowest BCUT2D eigenvalue weighted by Gasteiger charge is -2.21. The van der Waals surface area contributed by atoms with Gasteiger partial charge in [-0.2, -0.15) is 10.4 Å². The first-order valence-electron chi connectivity index (χ1n) is 12.9. The molecule has 1 aliphatic heterocycles. The van der Waals surface area contributed by atoms with Crippen molar-refractivity contribution in [1.29, 1.82) is 5.26 Å². The third-order valence-electron chi connectivity index (χ3n) is 6.21. The maximum atomic E-state index is 13.5. The number of alkyl halides is 2. The monoisotopic (exact) mass is 577 g/mol. The molecule has 0 saturated heterocycles. The fourth-order valence-corrected chi connectivity index (χ4v) is 4.44. The predicted molar refractivity (Wildman–Crippen MR) is 146 cm³/mol. The summed E-state index contributed by atoms with van der Waals surface area (Å²) in [5.74, 6) is -1.68. The molecule has 0 spiro atoms. The van der Waals surface area contributed by atoms with E-state index in [0.29, 0.717) is 11.1 Å². The first kappa shape index (κ1) is 28.3. The van der Waals surface area contributed by atoms with Gasteiger partial charge in [-0.1, -0.05) is 12.1 Å². The van der Waals surface area contributed by atoms with Crippen molar-refractivity contribution in [3.8, 4) is 28.8 Å². The van der Waals surface area contributed by atoms with E-state index < -0.39 is 35.8 Å². The fraction of sp³-hybridized carbons (Fsp3) is 0.276. The van der Waals surface area contributed by atoms with Crippen LogP contribution in [0.5, 0.6) is 11.5 Å². The summed E-state index contributed by atoms with van der Waals surface area (Å²) < 4.78 is 42.7. The first-order valence-corrected chi connectivity index (χ1v) is 12.9. The lowest BCUT2D eigenvalue weighted by molar-refractivity contribution is -0.286. The number of halogens is 2. The molecule has 0 fully saturated rings. The van der Waals surface area contributed by atoms with E-state index in [0.717, 1.165) is 4.68 Å². The number of anilines is 1. The van der Waals surface area contributed by atoms with Crippen molar-refractivity contribution in [3.05, 3.63) is 70.2 Å². The molecule has 0 saturated carbocycles. The summed E-state index contributed by atoms with van der Waals surface area (Å²) >= 11 is 0. The summed E-state index contributed by atoms with van der Waals surface area (Å²) in [6.45, 7) is 6.64. The van der Waals surface area contributed by atoms with Crippen molar-refractivity contribution >= 4 is 28.5 Å². The van der Waals surface area contributed by atoms with Gasteiger partial charge in [0.05, 0.1) is 17.0 Å². The molecule has 42 heavy (non-hydrogen) atoms. The highest BCUT2D eigenvalue weighted by Crippen LogP contribution is 2.43. The van der Waals surface area contributed by atoms with Crippen LogP contribution in [-0.4, -0.2) is 40.0 Å². The van der Waals surface area contributed by atoms with Crippen LogP contribution in [-0.2, 0) is 11.3 Å². The highest BCUT2D eigenvalue weighted by molar-refractivity contribution is 5.99. The van der Waals surface area contributed by atoms with Crippen molar-refractivity contribution in [2.45, 2.75) is 46.1 Å². The van der Waals surface area contributed by atoms with Gasteiger partial charge < -0.3 is 24.1 Å². The zero-order valence-electron chi connectivity index (χ0n) is 23.0. The van der Waals surface area contributed by atoms with E-state index in [4.69, 9.17) is 4.42 Å². The first-order chi connectivity index (χ1) is 19.8. The number of likely N-dealkylation sites (N-methyl/N-ethyl adjacent to an activating group) is 1. The molecule has 5 rings (SSSR count). The van der Waals surface area contributed by atoms with Gasteiger partial charge in [0.15, 0.2) is 22.8 Å². The molecule has 0 unspecified atom stereocenters. The van der Waals surface area contributed by atoms with Gasteiger partial charge >= 0.3 is 6.29 Å². The van der Waals surface area contributed by atoms with E-state index in [1.807, 2.05) is 6.07 Å². The SMILES string of the molecule is CCN(C(=O)Cn1nc(-c2cccc(C#N)c2)c2oc(C(=O)NC(C)(C)C)cc2c1=O)c1ccc2c(c1)OC(F)(F)O2. The van der Waals surface area contributed by atoms with Crippen molar-refractivity contribution in [2.75, 3.05) is 11.4 Å². The fourth-order valence-electron chi connectivity index (χ4n) is 4.44. The number of hydrogen-bond donors (Lipinski definition) is 1. The molecule has 2 aromatic heterocycles. The number of fused-ring (bicyclic) bond motifs is 2. The van der Waals surface area contributed by atoms with Crippen LogP contribution in [0.25, 0.3) is 22.2 Å². The van der Waals surface area contributed by atoms with Crippen LogP contribution >= 0.6 is 0 Å². The Labute approximate surface area is 237 Å². The van der Waals surface area contributed by atoms with Crippen molar-refractivity contribution in [1.82, 2.24) is 15.1 Å². The Morgan fingerprint density at radius 1 is 1.12 bits per heavy atom. The number of furan rings is 1. The average Bonchev–Trinajstić information content (AvgIpc) is 3.50. The lowest BCUT2D eigenvalue weighted by Crippen LogP contribution is -2.40. The number of nitriles is 1. The number of nitrogens with one attached hydrogen (secondary N) is 1. The van der Waals surface area contributed by atoms with E-state index in [1.165, 1.54) is 35.2 Å². The summed E-state index contributed by atoms with van der Waals surface area (Å²) in [4.78, 5) is 41.1. The molecular formula is C29H25F2N5O6. The van der Waals surface area contributed by atoms with Crippen LogP contribution in [0.2, 0.25) is 0 Å². The molecule has 1 aliphatic rings. The smallest absolute Gasteiger partial charge is 0.448 e. The molecule has 3 heterocycles. The molecule has 0 aliphatic carbocycles. The molecular weight excluding hydrogens is 552 g/mol. The van der Waals surface area contributed by atoms with E-state index in [2.05, 4.69) is 19.9 Å². The summed E-state index contributed by atoms with van der Waals surface area (Å²) in [5.41, 5.74) is -0.152. The second kappa shape index (κ2) is 10.3. The van der Waals surface area contributed by atoms with Crippen LogP contribution < -0.4 is 25.2 Å². The highest BCUT2D eigenvalue weighted by atomic mass is 19.3. The summed E-state index contributed by atoms with van der Waals surface area (Å²) in [6.07, 6.45) is -3.82. The van der Waals surface area contributed by atoms with E-state index >= 15 is 0 Å². The zero-order chi connectivity index (χ0) is 30.4. The molecule has 0 atom stereocenters. The van der Waals surface area contributed by atoms with Gasteiger partial charge in [0.2, 0.25) is 5.91 Å². The topological polar surface area (TPSA) is 140 Å². The number of nitrogens with zero attached hydrogens (tertiary/aromatic N) is 4. The van der Waals surface area contributed by atoms with Crippen molar-refractivity contribution < 1.29 is 32.3 Å². The molecule has 11 nitrogen and oxygen atoms in total. The molecule has 2 amide bonds. The van der Waals surface area contributed by atoms with Crippen molar-refractivity contribution in [3.63, 3.8) is 0 Å². The average molecular weight is 578 g/mol. The van der Waals surface area contributed by atoms with E-state index in [-0.39, 0.29) is 46.2 Å². The second-order valence-corrected chi connectivity index (χ2v) is 10.5. The number of amides is 2. The van der Waals surface area contributed by atoms with Gasteiger partial charge in [0, 0.05) is 35.5 Å². The van der Waals surface area contributed by atoms with Crippen LogP contribution in [0.1, 0.15) is 43.8 Å². The minimum Gasteiger partial charge on any atom is -0.448 e. The minimum absolute atomic E-state index is 0.00239. The summed E-state index contributed by atoms with van der Waals surface area (Å²) in [6, 6.07) is 13.6. The summed E-state index contributed by atoms with van der Waals surface area (Å²) in [7, 11) is 0. The summed E-state index contributed by atoms with van der Waals surface area (Å²) in [5, 5.41) is 16.6. The Morgan fingerprint density at radius 2 is 1.86 bits per heavy atom. The van der Waals surface area contributed by atoms with Gasteiger partial charge in [-0.3, -0.25) is 14.4 Å². The van der Waals surface area contributed by atoms with Crippen LogP contribution in [0.15, 0.2) is 57.7 Å². The van der Waals surface area contributed by atoms with Crippen LogP contribution in [0, 0.1) is 11.3 Å². The Morgan fingerprint density at radius 3 is 2.55 bits per heavy atom. The van der Waals surface area contributed by atoms with Crippen molar-refractivity contribution in [2.24, 2.45) is 0 Å². The van der Waals surface area contributed by atoms with Gasteiger partial charge in [0.1, 0.15) is 12.2 Å². The molecule has 1 N–H and O–H groups in total. The third-order valence-corrected chi connectivity index (χ3v) is 6.21. The van der Waals surface area contributed by atoms with Crippen LogP contribution in [0.3, 0.4) is 0 Å². The normalized spacial score (nSPS) is 13.5.